The summed E-state index contributed by atoms with van der Waals surface area (Å²) < 4.78 is 11.5. The summed E-state index contributed by atoms with van der Waals surface area (Å²) >= 11 is 0. The van der Waals surface area contributed by atoms with E-state index in [4.69, 9.17) is 9.47 Å². The molecule has 2 aromatic heterocycles. The van der Waals surface area contributed by atoms with E-state index < -0.39 is 0 Å². The maximum Gasteiger partial charge on any atom is 0.258 e. The number of pyridine rings is 2. The Morgan fingerprint density at radius 3 is 2.76 bits per heavy atom. The molecule has 0 saturated carbocycles. The quantitative estimate of drug-likeness (QED) is 0.633. The molecule has 0 bridgehead atoms. The Morgan fingerprint density at radius 2 is 1.88 bits per heavy atom. The average molecular weight is 447 g/mol. The van der Waals surface area contributed by atoms with Crippen LogP contribution in [0.5, 0.6) is 5.75 Å². The van der Waals surface area contributed by atoms with E-state index >= 15 is 0 Å². The van der Waals surface area contributed by atoms with E-state index in [1.165, 1.54) is 4.90 Å². The minimum absolute atomic E-state index is 0.102. The lowest BCUT2D eigenvalue weighted by molar-refractivity contribution is -0.122. The van der Waals surface area contributed by atoms with Gasteiger partial charge in [-0.3, -0.25) is 14.6 Å². The van der Waals surface area contributed by atoms with Crippen LogP contribution < -0.4 is 15.4 Å². The van der Waals surface area contributed by atoms with Gasteiger partial charge in [0.15, 0.2) is 0 Å². The highest BCUT2D eigenvalue weighted by Crippen LogP contribution is 2.28. The number of anilines is 2. The highest BCUT2D eigenvalue weighted by Gasteiger charge is 2.23. The number of carbonyl (C=O) groups is 2. The standard InChI is InChI=1S/C24H25N5O4/c30-22(27-16-18-7-10-25-11-8-18)17-29-12-13-32-14-15-33-21-6-2-1-5-20(21)28-23-19(24(29)31)4-3-9-26-23/h1-11H,12-17H2,(H,26,28)(H,27,30). The number of aromatic nitrogens is 2. The summed E-state index contributed by atoms with van der Waals surface area (Å²) in [6, 6.07) is 14.5. The Hall–Kier alpha value is -3.98. The number of nitrogens with zero attached hydrogens (tertiary/aromatic N) is 3. The van der Waals surface area contributed by atoms with Gasteiger partial charge in [0, 0.05) is 31.7 Å². The Kier molecular flexibility index (Phi) is 7.44. The maximum absolute atomic E-state index is 13.4. The van der Waals surface area contributed by atoms with Gasteiger partial charge in [0.05, 0.1) is 31.0 Å². The molecular formula is C24H25N5O4. The van der Waals surface area contributed by atoms with Crippen molar-refractivity contribution in [3.63, 3.8) is 0 Å². The Bertz CT molecular complexity index is 1090. The van der Waals surface area contributed by atoms with Crippen LogP contribution in [-0.4, -0.2) is 59.6 Å². The van der Waals surface area contributed by atoms with Crippen LogP contribution >= 0.6 is 0 Å². The first-order chi connectivity index (χ1) is 16.2. The molecular weight excluding hydrogens is 422 g/mol. The number of fused-ring (bicyclic) bond motifs is 2. The zero-order valence-electron chi connectivity index (χ0n) is 18.1. The summed E-state index contributed by atoms with van der Waals surface area (Å²) in [6.45, 7) is 1.49. The van der Waals surface area contributed by atoms with Crippen LogP contribution in [0.1, 0.15) is 15.9 Å². The molecule has 1 aromatic carbocycles. The number of rotatable bonds is 4. The molecule has 0 unspecified atom stereocenters. The van der Waals surface area contributed by atoms with Crippen LogP contribution in [0.15, 0.2) is 67.1 Å². The third kappa shape index (κ3) is 6.05. The first-order valence-electron chi connectivity index (χ1n) is 10.7. The molecule has 2 amide bonds. The van der Waals surface area contributed by atoms with E-state index in [-0.39, 0.29) is 31.5 Å². The number of nitrogens with one attached hydrogen (secondary N) is 2. The highest BCUT2D eigenvalue weighted by molar-refractivity contribution is 6.01. The van der Waals surface area contributed by atoms with Crippen LogP contribution in [0.4, 0.5) is 11.5 Å². The van der Waals surface area contributed by atoms with Gasteiger partial charge in [-0.25, -0.2) is 4.98 Å². The minimum Gasteiger partial charge on any atom is -0.489 e. The van der Waals surface area contributed by atoms with E-state index in [0.29, 0.717) is 42.6 Å². The maximum atomic E-state index is 13.4. The fourth-order valence-electron chi connectivity index (χ4n) is 3.34. The predicted octanol–water partition coefficient (Wildman–Crippen LogP) is 2.39. The van der Waals surface area contributed by atoms with E-state index in [2.05, 4.69) is 20.6 Å². The second-order valence-corrected chi connectivity index (χ2v) is 7.34. The highest BCUT2D eigenvalue weighted by atomic mass is 16.5. The van der Waals surface area contributed by atoms with Crippen LogP contribution in [0.25, 0.3) is 0 Å². The van der Waals surface area contributed by atoms with E-state index in [1.807, 2.05) is 36.4 Å². The molecule has 0 atom stereocenters. The van der Waals surface area contributed by atoms with Gasteiger partial charge in [-0.1, -0.05) is 12.1 Å². The second-order valence-electron chi connectivity index (χ2n) is 7.34. The molecule has 0 radical (unpaired) electrons. The Balaban J connectivity index is 1.54. The first-order valence-corrected chi connectivity index (χ1v) is 10.7. The smallest absolute Gasteiger partial charge is 0.258 e. The van der Waals surface area contributed by atoms with Crippen molar-refractivity contribution >= 4 is 23.3 Å². The van der Waals surface area contributed by atoms with Crippen molar-refractivity contribution in [1.82, 2.24) is 20.2 Å². The molecule has 3 heterocycles. The number of ether oxygens (including phenoxy) is 2. The van der Waals surface area contributed by atoms with Crippen molar-refractivity contribution in [2.45, 2.75) is 6.54 Å². The normalized spacial score (nSPS) is 14.3. The second kappa shape index (κ2) is 11.1. The molecule has 0 spiro atoms. The number of amides is 2. The van der Waals surface area contributed by atoms with Crippen molar-refractivity contribution in [3.05, 3.63) is 78.2 Å². The minimum atomic E-state index is -0.314. The molecule has 2 N–H and O–H groups in total. The molecule has 9 nitrogen and oxygen atoms in total. The molecule has 1 aliphatic rings. The summed E-state index contributed by atoms with van der Waals surface area (Å²) in [5.41, 5.74) is 1.97. The van der Waals surface area contributed by atoms with Crippen molar-refractivity contribution in [2.24, 2.45) is 0 Å². The zero-order valence-corrected chi connectivity index (χ0v) is 18.1. The Morgan fingerprint density at radius 1 is 1.03 bits per heavy atom. The van der Waals surface area contributed by atoms with Crippen molar-refractivity contribution in [1.29, 1.82) is 0 Å². The lowest BCUT2D eigenvalue weighted by atomic mass is 10.2. The molecule has 0 saturated heterocycles. The first kappa shape index (κ1) is 22.2. The lowest BCUT2D eigenvalue weighted by Gasteiger charge is -2.23. The topological polar surface area (TPSA) is 106 Å². The number of hydrogen-bond donors (Lipinski definition) is 2. The Labute approximate surface area is 191 Å². The monoisotopic (exact) mass is 447 g/mol. The fourth-order valence-corrected chi connectivity index (χ4v) is 3.34. The number of carbonyl (C=O) groups excluding carboxylic acids is 2. The SMILES string of the molecule is O=C(CN1CCOCCOc2ccccc2Nc2ncccc2C1=O)NCc1ccncc1. The van der Waals surface area contributed by atoms with E-state index in [1.54, 1.807) is 30.7 Å². The van der Waals surface area contributed by atoms with Gasteiger partial charge in [-0.15, -0.1) is 0 Å². The summed E-state index contributed by atoms with van der Waals surface area (Å²) in [7, 11) is 0. The third-order valence-electron chi connectivity index (χ3n) is 5.03. The van der Waals surface area contributed by atoms with Gasteiger partial charge >= 0.3 is 0 Å². The molecule has 3 aromatic rings. The van der Waals surface area contributed by atoms with Gasteiger partial charge in [-0.2, -0.15) is 0 Å². The lowest BCUT2D eigenvalue weighted by Crippen LogP contribution is -2.42. The summed E-state index contributed by atoms with van der Waals surface area (Å²) in [5, 5.41) is 6.05. The largest absolute Gasteiger partial charge is 0.489 e. The van der Waals surface area contributed by atoms with Crippen molar-refractivity contribution in [2.75, 3.05) is 38.2 Å². The number of para-hydroxylation sites is 2. The van der Waals surface area contributed by atoms with Crippen LogP contribution in [0.2, 0.25) is 0 Å². The third-order valence-corrected chi connectivity index (χ3v) is 5.03. The van der Waals surface area contributed by atoms with E-state index in [0.717, 1.165) is 5.56 Å². The summed E-state index contributed by atoms with van der Waals surface area (Å²) in [6.07, 6.45) is 4.94. The van der Waals surface area contributed by atoms with E-state index in [9.17, 15) is 9.59 Å². The molecule has 170 valence electrons. The predicted molar refractivity (Wildman–Crippen MR) is 122 cm³/mol. The van der Waals surface area contributed by atoms with Crippen LogP contribution in [0.3, 0.4) is 0 Å². The van der Waals surface area contributed by atoms with Gasteiger partial charge in [0.25, 0.3) is 5.91 Å². The number of benzene rings is 1. The summed E-state index contributed by atoms with van der Waals surface area (Å²) in [5.74, 6) is 0.445. The van der Waals surface area contributed by atoms with Gasteiger partial charge < -0.3 is 25.0 Å². The molecule has 0 aliphatic carbocycles. The fraction of sp³-hybridized carbons (Fsp3) is 0.250. The average Bonchev–Trinajstić information content (AvgIpc) is 2.86. The van der Waals surface area contributed by atoms with Gasteiger partial charge in [-0.05, 0) is 42.0 Å². The molecule has 1 aliphatic heterocycles. The summed E-state index contributed by atoms with van der Waals surface area (Å²) in [4.78, 5) is 35.8. The van der Waals surface area contributed by atoms with Crippen LogP contribution in [-0.2, 0) is 16.1 Å². The van der Waals surface area contributed by atoms with Gasteiger partial charge in [0.1, 0.15) is 18.2 Å². The molecule has 4 rings (SSSR count). The zero-order chi connectivity index (χ0) is 22.9. The van der Waals surface area contributed by atoms with Gasteiger partial charge in [0.2, 0.25) is 5.91 Å². The van der Waals surface area contributed by atoms with Crippen LogP contribution in [0, 0.1) is 0 Å². The number of hydrogen-bond acceptors (Lipinski definition) is 7. The van der Waals surface area contributed by atoms with Crippen molar-refractivity contribution in [3.8, 4) is 5.75 Å². The van der Waals surface area contributed by atoms with Crippen molar-refractivity contribution < 1.29 is 19.1 Å². The molecule has 9 heteroatoms. The molecule has 0 fully saturated rings. The molecule has 33 heavy (non-hydrogen) atoms.